The van der Waals surface area contributed by atoms with Gasteiger partial charge in [0.15, 0.2) is 5.58 Å². The predicted octanol–water partition coefficient (Wildman–Crippen LogP) is 6.50. The van der Waals surface area contributed by atoms with Gasteiger partial charge >= 0.3 is 0 Å². The van der Waals surface area contributed by atoms with Crippen LogP contribution >= 0.6 is 22.6 Å². The molecule has 0 fully saturated rings. The number of hydrogen-bond acceptors (Lipinski definition) is 3. The fraction of sp³-hybridized carbons (Fsp3) is 0. The van der Waals surface area contributed by atoms with Gasteiger partial charge in [-0.2, -0.15) is 0 Å². The van der Waals surface area contributed by atoms with Gasteiger partial charge in [0.2, 0.25) is 5.89 Å². The highest BCUT2D eigenvalue weighted by Gasteiger charge is 2.12. The molecule has 1 N–H and O–H groups in total. The SMILES string of the molecule is O=C(Nc1cccc(-c2nc3c(ccc4ccccc43)o2)c1)c1cccc(I)c1. The molecule has 0 spiro atoms. The van der Waals surface area contributed by atoms with E-state index in [0.717, 1.165) is 31.0 Å². The van der Waals surface area contributed by atoms with Crippen molar-refractivity contribution in [2.75, 3.05) is 5.32 Å². The Morgan fingerprint density at radius 2 is 1.76 bits per heavy atom. The minimum absolute atomic E-state index is 0.149. The number of hydrogen-bond donors (Lipinski definition) is 1. The summed E-state index contributed by atoms with van der Waals surface area (Å²) >= 11 is 2.19. The largest absolute Gasteiger partial charge is 0.436 e. The van der Waals surface area contributed by atoms with Crippen LogP contribution in [0.15, 0.2) is 89.3 Å². The Kier molecular flexibility index (Phi) is 4.52. The zero-order valence-electron chi connectivity index (χ0n) is 15.2. The van der Waals surface area contributed by atoms with E-state index in [2.05, 4.69) is 34.0 Å². The number of carbonyl (C=O) groups is 1. The molecule has 0 unspecified atom stereocenters. The van der Waals surface area contributed by atoms with E-state index < -0.39 is 0 Å². The lowest BCUT2D eigenvalue weighted by Gasteiger charge is -2.06. The molecule has 1 amide bonds. The highest BCUT2D eigenvalue weighted by molar-refractivity contribution is 14.1. The number of benzene rings is 4. The lowest BCUT2D eigenvalue weighted by atomic mass is 10.1. The second kappa shape index (κ2) is 7.33. The average Bonchev–Trinajstić information content (AvgIpc) is 3.19. The Balaban J connectivity index is 1.49. The molecule has 5 aromatic rings. The van der Waals surface area contributed by atoms with Crippen LogP contribution in [0.5, 0.6) is 0 Å². The van der Waals surface area contributed by atoms with Gasteiger partial charge in [-0.15, -0.1) is 0 Å². The van der Waals surface area contributed by atoms with Crippen LogP contribution in [0, 0.1) is 3.57 Å². The Bertz CT molecular complexity index is 1370. The number of rotatable bonds is 3. The second-order valence-corrected chi connectivity index (χ2v) is 7.94. The summed E-state index contributed by atoms with van der Waals surface area (Å²) in [5.41, 5.74) is 3.71. The smallest absolute Gasteiger partial charge is 0.255 e. The van der Waals surface area contributed by atoms with E-state index in [4.69, 9.17) is 9.40 Å². The average molecular weight is 490 g/mol. The van der Waals surface area contributed by atoms with Gasteiger partial charge < -0.3 is 9.73 Å². The van der Waals surface area contributed by atoms with Crippen LogP contribution in [-0.2, 0) is 0 Å². The van der Waals surface area contributed by atoms with Gasteiger partial charge in [0.25, 0.3) is 5.91 Å². The predicted molar refractivity (Wildman–Crippen MR) is 124 cm³/mol. The van der Waals surface area contributed by atoms with Crippen molar-refractivity contribution in [2.45, 2.75) is 0 Å². The summed E-state index contributed by atoms with van der Waals surface area (Å²) in [6.45, 7) is 0. The summed E-state index contributed by atoms with van der Waals surface area (Å²) < 4.78 is 7.01. The van der Waals surface area contributed by atoms with E-state index >= 15 is 0 Å². The van der Waals surface area contributed by atoms with E-state index in [1.54, 1.807) is 6.07 Å². The van der Waals surface area contributed by atoms with Crippen molar-refractivity contribution in [1.29, 1.82) is 0 Å². The number of oxazole rings is 1. The van der Waals surface area contributed by atoms with Crippen LogP contribution in [0.25, 0.3) is 33.3 Å². The molecule has 5 heteroatoms. The van der Waals surface area contributed by atoms with Crippen molar-refractivity contribution in [1.82, 2.24) is 4.98 Å². The lowest BCUT2D eigenvalue weighted by Crippen LogP contribution is -2.11. The molecule has 4 aromatic carbocycles. The third-order valence-corrected chi connectivity index (χ3v) is 5.41. The van der Waals surface area contributed by atoms with Crippen LogP contribution in [0.3, 0.4) is 0 Å². The quantitative estimate of drug-likeness (QED) is 0.294. The van der Waals surface area contributed by atoms with Crippen molar-refractivity contribution in [2.24, 2.45) is 0 Å². The monoisotopic (exact) mass is 490 g/mol. The maximum Gasteiger partial charge on any atom is 0.255 e. The first kappa shape index (κ1) is 17.9. The highest BCUT2D eigenvalue weighted by Crippen LogP contribution is 2.30. The number of amides is 1. The molecular weight excluding hydrogens is 475 g/mol. The summed E-state index contributed by atoms with van der Waals surface area (Å²) in [6, 6.07) is 27.1. The first-order valence-corrected chi connectivity index (χ1v) is 10.2. The fourth-order valence-corrected chi connectivity index (χ4v) is 3.89. The molecule has 0 atom stereocenters. The zero-order chi connectivity index (χ0) is 19.8. The number of anilines is 1. The van der Waals surface area contributed by atoms with Crippen LogP contribution in [0.1, 0.15) is 10.4 Å². The normalized spacial score (nSPS) is 11.1. The molecular formula is C24H15IN2O2. The van der Waals surface area contributed by atoms with Crippen molar-refractivity contribution >= 4 is 56.1 Å². The highest BCUT2D eigenvalue weighted by atomic mass is 127. The number of nitrogens with one attached hydrogen (secondary N) is 1. The fourth-order valence-electron chi connectivity index (χ4n) is 3.35. The molecule has 5 rings (SSSR count). The van der Waals surface area contributed by atoms with Gasteiger partial charge in [0.05, 0.1) is 0 Å². The van der Waals surface area contributed by atoms with Crippen molar-refractivity contribution in [3.05, 3.63) is 94.1 Å². The van der Waals surface area contributed by atoms with E-state index in [9.17, 15) is 4.79 Å². The zero-order valence-corrected chi connectivity index (χ0v) is 17.4. The standard InChI is InChI=1S/C24H15IN2O2/c25-18-8-3-6-16(13-18)23(28)26-19-9-4-7-17(14-19)24-27-22-20-10-2-1-5-15(20)11-12-21(22)29-24/h1-14H,(H,26,28). The lowest BCUT2D eigenvalue weighted by molar-refractivity contribution is 0.102. The molecule has 0 aliphatic heterocycles. The Morgan fingerprint density at radius 1 is 0.897 bits per heavy atom. The summed E-state index contributed by atoms with van der Waals surface area (Å²) in [5.74, 6) is 0.380. The third kappa shape index (κ3) is 3.49. The van der Waals surface area contributed by atoms with E-state index in [1.165, 1.54) is 0 Å². The summed E-state index contributed by atoms with van der Waals surface area (Å²) in [7, 11) is 0. The minimum atomic E-state index is -0.149. The first-order chi connectivity index (χ1) is 14.2. The molecule has 0 aliphatic carbocycles. The van der Waals surface area contributed by atoms with Gasteiger partial charge in [0, 0.05) is 25.8 Å². The number of halogens is 1. The number of fused-ring (bicyclic) bond motifs is 3. The van der Waals surface area contributed by atoms with E-state index in [1.807, 2.05) is 72.8 Å². The molecule has 1 aromatic heterocycles. The summed E-state index contributed by atoms with van der Waals surface area (Å²) in [6.07, 6.45) is 0. The molecule has 140 valence electrons. The molecule has 0 saturated heterocycles. The maximum absolute atomic E-state index is 12.5. The molecule has 29 heavy (non-hydrogen) atoms. The van der Waals surface area contributed by atoms with Crippen molar-refractivity contribution in [3.8, 4) is 11.5 Å². The van der Waals surface area contributed by atoms with Crippen molar-refractivity contribution < 1.29 is 9.21 Å². The Morgan fingerprint density at radius 3 is 2.66 bits per heavy atom. The van der Waals surface area contributed by atoms with E-state index in [-0.39, 0.29) is 5.91 Å². The Labute approximate surface area is 180 Å². The number of carbonyl (C=O) groups excluding carboxylic acids is 1. The number of aromatic nitrogens is 1. The topological polar surface area (TPSA) is 55.1 Å². The minimum Gasteiger partial charge on any atom is -0.436 e. The summed E-state index contributed by atoms with van der Waals surface area (Å²) in [5, 5.41) is 5.13. The molecule has 0 radical (unpaired) electrons. The molecule has 0 bridgehead atoms. The van der Waals surface area contributed by atoms with Gasteiger partial charge in [-0.25, -0.2) is 4.98 Å². The van der Waals surface area contributed by atoms with Crippen LogP contribution in [0.4, 0.5) is 5.69 Å². The third-order valence-electron chi connectivity index (χ3n) is 4.74. The van der Waals surface area contributed by atoms with Crippen LogP contribution in [0.2, 0.25) is 0 Å². The first-order valence-electron chi connectivity index (χ1n) is 9.13. The molecule has 0 saturated carbocycles. The molecule has 4 nitrogen and oxygen atoms in total. The van der Waals surface area contributed by atoms with E-state index in [0.29, 0.717) is 17.1 Å². The van der Waals surface area contributed by atoms with Gasteiger partial charge in [-0.1, -0.05) is 42.5 Å². The summed E-state index contributed by atoms with van der Waals surface area (Å²) in [4.78, 5) is 17.3. The molecule has 1 heterocycles. The van der Waals surface area contributed by atoms with Crippen molar-refractivity contribution in [3.63, 3.8) is 0 Å². The Hall–Kier alpha value is -3.19. The van der Waals surface area contributed by atoms with Gasteiger partial charge in [0.1, 0.15) is 5.52 Å². The van der Waals surface area contributed by atoms with Gasteiger partial charge in [-0.3, -0.25) is 4.79 Å². The number of nitrogens with zero attached hydrogens (tertiary/aromatic N) is 1. The van der Waals surface area contributed by atoms with Crippen LogP contribution < -0.4 is 5.32 Å². The van der Waals surface area contributed by atoms with Gasteiger partial charge in [-0.05, 0) is 70.4 Å². The maximum atomic E-state index is 12.5. The molecule has 0 aliphatic rings. The van der Waals surface area contributed by atoms with Crippen LogP contribution in [-0.4, -0.2) is 10.9 Å². The second-order valence-electron chi connectivity index (χ2n) is 6.70.